The Hall–Kier alpha value is -0.470. The van der Waals surface area contributed by atoms with Gasteiger partial charge in [0.1, 0.15) is 0 Å². The van der Waals surface area contributed by atoms with Crippen molar-refractivity contribution in [1.82, 2.24) is 0 Å². The fourth-order valence-electron chi connectivity index (χ4n) is 0.785. The summed E-state index contributed by atoms with van der Waals surface area (Å²) in [6.07, 6.45) is 2.10. The third kappa shape index (κ3) is 3.44. The predicted molar refractivity (Wildman–Crippen MR) is 53.1 cm³/mol. The monoisotopic (exact) mass is 169 g/mol. The molecule has 1 aromatic carbocycles. The quantitative estimate of drug-likeness (QED) is 0.653. The summed E-state index contributed by atoms with van der Waals surface area (Å²) in [6.45, 7) is 2.13. The Morgan fingerprint density at radius 2 is 1.73 bits per heavy atom. The lowest BCUT2D eigenvalue weighted by Crippen LogP contribution is -1.74. The Balaban J connectivity index is 0.000000461. The summed E-state index contributed by atoms with van der Waals surface area (Å²) in [6, 6.07) is 8.40. The van der Waals surface area contributed by atoms with E-state index < -0.39 is 0 Å². The molecule has 0 saturated carbocycles. The number of hydrogen-bond donors (Lipinski definition) is 1. The minimum absolute atomic E-state index is 1.37. The van der Waals surface area contributed by atoms with E-state index in [1.54, 1.807) is 11.8 Å². The van der Waals surface area contributed by atoms with Gasteiger partial charge in [-0.15, -0.1) is 11.8 Å². The first-order valence-electron chi connectivity index (χ1n) is 3.52. The molecule has 0 amide bonds. The van der Waals surface area contributed by atoms with Gasteiger partial charge in [0.05, 0.1) is 0 Å². The first kappa shape index (κ1) is 10.5. The standard InChI is InChI=1S/C8H10S.CH5N/c1-7-5-3-4-6-8(7)9-2;1-2/h3-6H,1-2H3;2H2,1H3. The SMILES string of the molecule is CN.CSc1ccccc1C. The first-order chi connectivity index (χ1) is 5.34. The molecule has 0 saturated heterocycles. The van der Waals surface area contributed by atoms with Crippen LogP contribution in [0.15, 0.2) is 29.2 Å². The van der Waals surface area contributed by atoms with Gasteiger partial charge < -0.3 is 5.73 Å². The van der Waals surface area contributed by atoms with Gasteiger partial charge in [0.2, 0.25) is 0 Å². The third-order valence-electron chi connectivity index (χ3n) is 1.31. The molecule has 0 aliphatic heterocycles. The largest absolute Gasteiger partial charge is 0.333 e. The molecule has 1 rings (SSSR count). The van der Waals surface area contributed by atoms with E-state index >= 15 is 0 Å². The van der Waals surface area contributed by atoms with Crippen molar-refractivity contribution < 1.29 is 0 Å². The number of nitrogens with two attached hydrogens (primary N) is 1. The molecule has 0 spiro atoms. The predicted octanol–water partition coefficient (Wildman–Crippen LogP) is 2.29. The van der Waals surface area contributed by atoms with Crippen LogP contribution in [0.2, 0.25) is 0 Å². The van der Waals surface area contributed by atoms with Crippen LogP contribution in [0, 0.1) is 6.92 Å². The van der Waals surface area contributed by atoms with Crippen LogP contribution < -0.4 is 5.73 Å². The summed E-state index contributed by atoms with van der Waals surface area (Å²) in [5, 5.41) is 0. The van der Waals surface area contributed by atoms with Crippen molar-refractivity contribution in [2.45, 2.75) is 11.8 Å². The molecule has 2 heteroatoms. The van der Waals surface area contributed by atoms with Gasteiger partial charge in [0, 0.05) is 4.90 Å². The van der Waals surface area contributed by atoms with Gasteiger partial charge >= 0.3 is 0 Å². The topological polar surface area (TPSA) is 26.0 Å². The van der Waals surface area contributed by atoms with Crippen LogP contribution in [-0.4, -0.2) is 13.3 Å². The molecule has 0 bridgehead atoms. The van der Waals surface area contributed by atoms with Gasteiger partial charge in [-0.3, -0.25) is 0 Å². The Kier molecular flexibility index (Phi) is 5.99. The van der Waals surface area contributed by atoms with E-state index in [9.17, 15) is 0 Å². The van der Waals surface area contributed by atoms with Crippen molar-refractivity contribution in [2.75, 3.05) is 13.3 Å². The van der Waals surface area contributed by atoms with E-state index in [2.05, 4.69) is 43.2 Å². The maximum atomic E-state index is 4.50. The summed E-state index contributed by atoms with van der Waals surface area (Å²) in [7, 11) is 1.50. The fourth-order valence-corrected chi connectivity index (χ4v) is 1.39. The fraction of sp³-hybridized carbons (Fsp3) is 0.333. The number of hydrogen-bond acceptors (Lipinski definition) is 2. The Morgan fingerprint density at radius 1 is 1.18 bits per heavy atom. The molecule has 0 radical (unpaired) electrons. The molecule has 0 aliphatic carbocycles. The van der Waals surface area contributed by atoms with E-state index in [-0.39, 0.29) is 0 Å². The van der Waals surface area contributed by atoms with Gasteiger partial charge in [0.25, 0.3) is 0 Å². The zero-order chi connectivity index (χ0) is 8.69. The molecular formula is C9H15NS. The van der Waals surface area contributed by atoms with Crippen molar-refractivity contribution in [1.29, 1.82) is 0 Å². The van der Waals surface area contributed by atoms with E-state index in [1.807, 2.05) is 0 Å². The molecule has 0 aromatic heterocycles. The van der Waals surface area contributed by atoms with Gasteiger partial charge in [-0.05, 0) is 31.9 Å². The van der Waals surface area contributed by atoms with Gasteiger partial charge in [-0.1, -0.05) is 18.2 Å². The lowest BCUT2D eigenvalue weighted by Gasteiger charge is -1.97. The average molecular weight is 169 g/mol. The van der Waals surface area contributed by atoms with E-state index in [1.165, 1.54) is 17.5 Å². The summed E-state index contributed by atoms with van der Waals surface area (Å²) in [5.41, 5.74) is 5.87. The maximum absolute atomic E-state index is 4.50. The molecule has 1 nitrogen and oxygen atoms in total. The van der Waals surface area contributed by atoms with Crippen LogP contribution in [-0.2, 0) is 0 Å². The van der Waals surface area contributed by atoms with Crippen LogP contribution in [0.25, 0.3) is 0 Å². The molecule has 0 atom stereocenters. The lowest BCUT2D eigenvalue weighted by atomic mass is 10.2. The highest BCUT2D eigenvalue weighted by molar-refractivity contribution is 7.98. The molecular weight excluding hydrogens is 154 g/mol. The maximum Gasteiger partial charge on any atom is 0.00983 e. The molecule has 1 aromatic rings. The molecule has 0 aliphatic rings. The second kappa shape index (κ2) is 6.25. The molecule has 0 heterocycles. The number of rotatable bonds is 1. The normalized spacial score (nSPS) is 8.36. The minimum atomic E-state index is 1.37. The van der Waals surface area contributed by atoms with Crippen LogP contribution in [0.5, 0.6) is 0 Å². The van der Waals surface area contributed by atoms with Crippen molar-refractivity contribution in [2.24, 2.45) is 5.73 Å². The zero-order valence-electron chi connectivity index (χ0n) is 7.29. The van der Waals surface area contributed by atoms with Gasteiger partial charge in [-0.2, -0.15) is 0 Å². The number of aryl methyl sites for hydroxylation is 1. The summed E-state index contributed by atoms with van der Waals surface area (Å²) < 4.78 is 0. The highest BCUT2D eigenvalue weighted by atomic mass is 32.2. The molecule has 62 valence electrons. The summed E-state index contributed by atoms with van der Waals surface area (Å²) in [4.78, 5) is 1.37. The van der Waals surface area contributed by atoms with Gasteiger partial charge in [-0.25, -0.2) is 0 Å². The van der Waals surface area contributed by atoms with E-state index in [0.717, 1.165) is 0 Å². The highest BCUT2D eigenvalue weighted by Gasteiger charge is 1.90. The average Bonchev–Trinajstić information content (AvgIpc) is 2.09. The summed E-state index contributed by atoms with van der Waals surface area (Å²) in [5.74, 6) is 0. The third-order valence-corrected chi connectivity index (χ3v) is 2.21. The van der Waals surface area contributed by atoms with E-state index in [4.69, 9.17) is 0 Å². The Bertz CT molecular complexity index is 199. The van der Waals surface area contributed by atoms with Crippen LogP contribution >= 0.6 is 11.8 Å². The van der Waals surface area contributed by atoms with Crippen LogP contribution in [0.1, 0.15) is 5.56 Å². The number of benzene rings is 1. The van der Waals surface area contributed by atoms with E-state index in [0.29, 0.717) is 0 Å². The van der Waals surface area contributed by atoms with Crippen LogP contribution in [0.3, 0.4) is 0 Å². The molecule has 11 heavy (non-hydrogen) atoms. The Morgan fingerprint density at radius 3 is 2.09 bits per heavy atom. The van der Waals surface area contributed by atoms with Crippen molar-refractivity contribution in [3.05, 3.63) is 29.8 Å². The molecule has 0 fully saturated rings. The molecule has 2 N–H and O–H groups in total. The second-order valence-corrected chi connectivity index (χ2v) is 2.82. The molecule has 0 unspecified atom stereocenters. The zero-order valence-corrected chi connectivity index (χ0v) is 8.11. The summed E-state index contributed by atoms with van der Waals surface area (Å²) >= 11 is 1.80. The Labute approximate surface area is 73.0 Å². The lowest BCUT2D eigenvalue weighted by molar-refractivity contribution is 1.31. The van der Waals surface area contributed by atoms with Crippen molar-refractivity contribution in [3.63, 3.8) is 0 Å². The highest BCUT2D eigenvalue weighted by Crippen LogP contribution is 2.17. The first-order valence-corrected chi connectivity index (χ1v) is 4.74. The minimum Gasteiger partial charge on any atom is -0.333 e. The van der Waals surface area contributed by atoms with Crippen molar-refractivity contribution >= 4 is 11.8 Å². The van der Waals surface area contributed by atoms with Gasteiger partial charge in [0.15, 0.2) is 0 Å². The van der Waals surface area contributed by atoms with Crippen molar-refractivity contribution in [3.8, 4) is 0 Å². The smallest absolute Gasteiger partial charge is 0.00983 e. The van der Waals surface area contributed by atoms with Crippen LogP contribution in [0.4, 0.5) is 0 Å². The number of thioether (sulfide) groups is 1. The second-order valence-electron chi connectivity index (χ2n) is 1.97.